The number of hydrogen-bond acceptors (Lipinski definition) is 2. The number of fused-ring (bicyclic) bond motifs is 1. The fourth-order valence-corrected chi connectivity index (χ4v) is 4.65. The van der Waals surface area contributed by atoms with Crippen LogP contribution in [0.3, 0.4) is 0 Å². The molecule has 1 aromatic rings. The van der Waals surface area contributed by atoms with Crippen LogP contribution < -0.4 is 5.73 Å². The van der Waals surface area contributed by atoms with Gasteiger partial charge >= 0.3 is 0 Å². The molecule has 2 heteroatoms. The Balaban J connectivity index is 1.89. The highest BCUT2D eigenvalue weighted by Gasteiger charge is 2.35. The zero-order chi connectivity index (χ0) is 14.7. The van der Waals surface area contributed by atoms with E-state index in [1.54, 1.807) is 11.1 Å². The molecule has 0 aliphatic heterocycles. The predicted octanol–water partition coefficient (Wildman–Crippen LogP) is 3.90. The van der Waals surface area contributed by atoms with Gasteiger partial charge in [0.1, 0.15) is 0 Å². The molecule has 21 heavy (non-hydrogen) atoms. The molecule has 0 spiro atoms. The largest absolute Gasteiger partial charge is 0.330 e. The topological polar surface area (TPSA) is 29.3 Å². The lowest BCUT2D eigenvalue weighted by molar-refractivity contribution is 0.107. The number of rotatable bonds is 4. The molecule has 0 amide bonds. The highest BCUT2D eigenvalue weighted by Crippen LogP contribution is 2.39. The van der Waals surface area contributed by atoms with Gasteiger partial charge in [0.25, 0.3) is 0 Å². The number of nitrogens with two attached hydrogens (primary N) is 1. The Bertz CT molecular complexity index is 457. The molecule has 2 aliphatic rings. The zero-order valence-electron chi connectivity index (χ0n) is 13.4. The monoisotopic (exact) mass is 286 g/mol. The smallest absolute Gasteiger partial charge is 0.0353 e. The van der Waals surface area contributed by atoms with Gasteiger partial charge in [0.15, 0.2) is 0 Å². The Hall–Kier alpha value is -0.860. The van der Waals surface area contributed by atoms with E-state index in [0.29, 0.717) is 18.0 Å². The van der Waals surface area contributed by atoms with Gasteiger partial charge < -0.3 is 5.73 Å². The molecule has 1 aromatic carbocycles. The summed E-state index contributed by atoms with van der Waals surface area (Å²) in [6.45, 7) is 4.34. The van der Waals surface area contributed by atoms with Gasteiger partial charge in [-0.25, -0.2) is 0 Å². The van der Waals surface area contributed by atoms with E-state index in [-0.39, 0.29) is 0 Å². The van der Waals surface area contributed by atoms with Crippen LogP contribution in [-0.2, 0) is 6.42 Å². The lowest BCUT2D eigenvalue weighted by Gasteiger charge is -2.39. The van der Waals surface area contributed by atoms with Crippen molar-refractivity contribution in [1.82, 2.24) is 4.90 Å². The van der Waals surface area contributed by atoms with Crippen LogP contribution in [0.4, 0.5) is 0 Å². The van der Waals surface area contributed by atoms with Crippen molar-refractivity contribution in [1.29, 1.82) is 0 Å². The van der Waals surface area contributed by atoms with E-state index in [4.69, 9.17) is 5.73 Å². The van der Waals surface area contributed by atoms with Crippen molar-refractivity contribution in [3.63, 3.8) is 0 Å². The van der Waals surface area contributed by atoms with E-state index >= 15 is 0 Å². The highest BCUT2D eigenvalue weighted by molar-refractivity contribution is 5.31. The molecular formula is C19H30N2. The van der Waals surface area contributed by atoms with Gasteiger partial charge in [0.2, 0.25) is 0 Å². The van der Waals surface area contributed by atoms with E-state index in [2.05, 4.69) is 36.1 Å². The number of hydrogen-bond donors (Lipinski definition) is 1. The number of benzene rings is 1. The van der Waals surface area contributed by atoms with Crippen LogP contribution in [0.25, 0.3) is 0 Å². The van der Waals surface area contributed by atoms with E-state index in [0.717, 1.165) is 13.1 Å². The second-order valence-corrected chi connectivity index (χ2v) is 6.78. The van der Waals surface area contributed by atoms with Gasteiger partial charge in [0.05, 0.1) is 0 Å². The molecule has 116 valence electrons. The van der Waals surface area contributed by atoms with E-state index in [9.17, 15) is 0 Å². The van der Waals surface area contributed by atoms with Crippen molar-refractivity contribution in [3.8, 4) is 0 Å². The molecule has 3 unspecified atom stereocenters. The van der Waals surface area contributed by atoms with Crippen molar-refractivity contribution in [2.75, 3.05) is 13.1 Å². The molecular weight excluding hydrogens is 256 g/mol. The van der Waals surface area contributed by atoms with Crippen LogP contribution in [0.2, 0.25) is 0 Å². The quantitative estimate of drug-likeness (QED) is 0.851. The van der Waals surface area contributed by atoms with Crippen LogP contribution in [-0.4, -0.2) is 24.0 Å². The average molecular weight is 286 g/mol. The molecule has 1 fully saturated rings. The summed E-state index contributed by atoms with van der Waals surface area (Å²) in [7, 11) is 0. The maximum Gasteiger partial charge on any atom is 0.0353 e. The zero-order valence-corrected chi connectivity index (χ0v) is 13.4. The van der Waals surface area contributed by atoms with Crippen molar-refractivity contribution in [2.24, 2.45) is 11.7 Å². The van der Waals surface area contributed by atoms with Gasteiger partial charge in [-0.2, -0.15) is 0 Å². The molecule has 1 saturated carbocycles. The summed E-state index contributed by atoms with van der Waals surface area (Å²) in [6, 6.07) is 10.5. The molecule has 0 radical (unpaired) electrons. The maximum atomic E-state index is 6.05. The summed E-state index contributed by atoms with van der Waals surface area (Å²) in [4.78, 5) is 2.79. The fourth-order valence-electron chi connectivity index (χ4n) is 4.65. The molecule has 2 nitrogen and oxygen atoms in total. The van der Waals surface area contributed by atoms with Gasteiger partial charge in [-0.1, -0.05) is 44.0 Å². The SMILES string of the molecule is CCN(C1CCCCc2ccccc21)C1CCCC1CN. The first-order valence-corrected chi connectivity index (χ1v) is 8.88. The Morgan fingerprint density at radius 1 is 1.10 bits per heavy atom. The second-order valence-electron chi connectivity index (χ2n) is 6.78. The summed E-state index contributed by atoms with van der Waals surface area (Å²) >= 11 is 0. The molecule has 0 saturated heterocycles. The lowest BCUT2D eigenvalue weighted by atomic mass is 9.93. The summed E-state index contributed by atoms with van der Waals surface area (Å²) in [5.74, 6) is 0.709. The molecule has 0 bridgehead atoms. The lowest BCUT2D eigenvalue weighted by Crippen LogP contribution is -2.42. The minimum absolute atomic E-state index is 0.617. The summed E-state index contributed by atoms with van der Waals surface area (Å²) in [6.07, 6.45) is 9.30. The third-order valence-electron chi connectivity index (χ3n) is 5.70. The molecule has 2 aliphatic carbocycles. The van der Waals surface area contributed by atoms with E-state index in [1.165, 1.54) is 44.9 Å². The first-order chi connectivity index (χ1) is 10.3. The molecule has 3 rings (SSSR count). The summed E-state index contributed by atoms with van der Waals surface area (Å²) < 4.78 is 0. The fraction of sp³-hybridized carbons (Fsp3) is 0.684. The van der Waals surface area contributed by atoms with Crippen LogP contribution in [0.5, 0.6) is 0 Å². The average Bonchev–Trinajstić information content (AvgIpc) is 2.89. The molecule has 0 heterocycles. The third-order valence-corrected chi connectivity index (χ3v) is 5.70. The van der Waals surface area contributed by atoms with Gasteiger partial charge in [-0.05, 0) is 62.2 Å². The van der Waals surface area contributed by atoms with Crippen LogP contribution in [0, 0.1) is 5.92 Å². The van der Waals surface area contributed by atoms with Crippen molar-refractivity contribution in [3.05, 3.63) is 35.4 Å². The van der Waals surface area contributed by atoms with Crippen molar-refractivity contribution < 1.29 is 0 Å². The molecule has 0 aromatic heterocycles. The third kappa shape index (κ3) is 3.02. The van der Waals surface area contributed by atoms with Crippen LogP contribution in [0.15, 0.2) is 24.3 Å². The number of nitrogens with zero attached hydrogens (tertiary/aromatic N) is 1. The maximum absolute atomic E-state index is 6.05. The van der Waals surface area contributed by atoms with Crippen LogP contribution >= 0.6 is 0 Å². The predicted molar refractivity (Wildman–Crippen MR) is 89.3 cm³/mol. The normalized spacial score (nSPS) is 29.4. The Kier molecular flexibility index (Phi) is 4.97. The van der Waals surface area contributed by atoms with Gasteiger partial charge in [-0.15, -0.1) is 0 Å². The molecule has 3 atom stereocenters. The number of aryl methyl sites for hydroxylation is 1. The Morgan fingerprint density at radius 3 is 2.76 bits per heavy atom. The van der Waals surface area contributed by atoms with E-state index < -0.39 is 0 Å². The van der Waals surface area contributed by atoms with Gasteiger partial charge in [-0.3, -0.25) is 4.90 Å². The van der Waals surface area contributed by atoms with Crippen molar-refractivity contribution in [2.45, 2.75) is 64.0 Å². The second kappa shape index (κ2) is 6.93. The first kappa shape index (κ1) is 15.1. The van der Waals surface area contributed by atoms with E-state index in [1.807, 2.05) is 0 Å². The van der Waals surface area contributed by atoms with Crippen LogP contribution in [0.1, 0.15) is 62.6 Å². The minimum Gasteiger partial charge on any atom is -0.330 e. The summed E-state index contributed by atoms with van der Waals surface area (Å²) in [5.41, 5.74) is 9.23. The standard InChI is InChI=1S/C19H30N2/c1-2-21(18-13-7-10-16(18)14-20)19-12-6-4-9-15-8-3-5-11-17(15)19/h3,5,8,11,16,18-19H,2,4,6-7,9-10,12-14,20H2,1H3. The van der Waals surface area contributed by atoms with Crippen molar-refractivity contribution >= 4 is 0 Å². The first-order valence-electron chi connectivity index (χ1n) is 8.88. The summed E-state index contributed by atoms with van der Waals surface area (Å²) in [5, 5.41) is 0. The Labute approximate surface area is 129 Å². The highest BCUT2D eigenvalue weighted by atomic mass is 15.2. The molecule has 2 N–H and O–H groups in total. The van der Waals surface area contributed by atoms with Gasteiger partial charge in [0, 0.05) is 12.1 Å². The minimum atomic E-state index is 0.617. The Morgan fingerprint density at radius 2 is 1.95 bits per heavy atom.